The maximum Gasteiger partial charge on any atom is 0.251 e. The van der Waals surface area contributed by atoms with E-state index in [4.69, 9.17) is 17.3 Å². The molecule has 2 rings (SSSR count). The lowest BCUT2D eigenvalue weighted by atomic mass is 10.1. The summed E-state index contributed by atoms with van der Waals surface area (Å²) in [5.74, 6) is -0.689. The third-order valence-electron chi connectivity index (χ3n) is 2.68. The molecule has 0 bridgehead atoms. The van der Waals surface area contributed by atoms with Crippen molar-refractivity contribution in [3.05, 3.63) is 52.8 Å². The van der Waals surface area contributed by atoms with E-state index < -0.39 is 5.82 Å². The van der Waals surface area contributed by atoms with Gasteiger partial charge in [-0.3, -0.25) is 4.79 Å². The van der Waals surface area contributed by atoms with Crippen LogP contribution < -0.4 is 16.4 Å². The van der Waals surface area contributed by atoms with Crippen LogP contribution in [0.2, 0.25) is 5.02 Å². The highest BCUT2D eigenvalue weighted by Crippen LogP contribution is 2.26. The topological polar surface area (TPSA) is 67.2 Å². The Labute approximate surface area is 120 Å². The van der Waals surface area contributed by atoms with Crippen molar-refractivity contribution in [2.45, 2.75) is 0 Å². The molecule has 0 saturated heterocycles. The van der Waals surface area contributed by atoms with Crippen molar-refractivity contribution < 1.29 is 9.18 Å². The first-order valence-electron chi connectivity index (χ1n) is 5.84. The largest absolute Gasteiger partial charge is 0.397 e. The van der Waals surface area contributed by atoms with Gasteiger partial charge >= 0.3 is 0 Å². The molecule has 0 heterocycles. The first-order chi connectivity index (χ1) is 9.49. The fraction of sp³-hybridized carbons (Fsp3) is 0.0714. The Bertz CT molecular complexity index is 641. The molecule has 1 amide bonds. The van der Waals surface area contributed by atoms with Crippen LogP contribution >= 0.6 is 11.6 Å². The van der Waals surface area contributed by atoms with Gasteiger partial charge in [-0.1, -0.05) is 11.6 Å². The second-order valence-electron chi connectivity index (χ2n) is 4.16. The number of halogens is 2. The summed E-state index contributed by atoms with van der Waals surface area (Å²) >= 11 is 5.78. The van der Waals surface area contributed by atoms with Crippen LogP contribution in [0.5, 0.6) is 0 Å². The molecule has 0 radical (unpaired) electrons. The van der Waals surface area contributed by atoms with Crippen LogP contribution in [0.3, 0.4) is 0 Å². The highest BCUT2D eigenvalue weighted by atomic mass is 35.5. The van der Waals surface area contributed by atoms with E-state index in [-0.39, 0.29) is 10.9 Å². The van der Waals surface area contributed by atoms with Gasteiger partial charge in [0.2, 0.25) is 0 Å². The van der Waals surface area contributed by atoms with E-state index >= 15 is 0 Å². The predicted octanol–water partition coefficient (Wildman–Crippen LogP) is 3.16. The number of hydrogen-bond donors (Lipinski definition) is 3. The van der Waals surface area contributed by atoms with Gasteiger partial charge in [0, 0.05) is 23.3 Å². The Morgan fingerprint density at radius 1 is 1.25 bits per heavy atom. The zero-order chi connectivity index (χ0) is 14.7. The second kappa shape index (κ2) is 5.79. The Morgan fingerprint density at radius 3 is 2.65 bits per heavy atom. The number of amides is 1. The zero-order valence-corrected chi connectivity index (χ0v) is 11.5. The van der Waals surface area contributed by atoms with Gasteiger partial charge in [-0.2, -0.15) is 0 Å². The van der Waals surface area contributed by atoms with Gasteiger partial charge in [0.15, 0.2) is 0 Å². The van der Waals surface area contributed by atoms with Crippen LogP contribution in [0.1, 0.15) is 10.4 Å². The van der Waals surface area contributed by atoms with Crippen LogP contribution in [0.4, 0.5) is 21.5 Å². The number of benzene rings is 2. The summed E-state index contributed by atoms with van der Waals surface area (Å²) in [6.07, 6.45) is 0. The number of nitrogen functional groups attached to an aromatic ring is 1. The van der Waals surface area contributed by atoms with Gasteiger partial charge in [-0.15, -0.1) is 0 Å². The quantitative estimate of drug-likeness (QED) is 0.762. The van der Waals surface area contributed by atoms with Crippen molar-refractivity contribution in [3.8, 4) is 0 Å². The average molecular weight is 294 g/mol. The van der Waals surface area contributed by atoms with Crippen molar-refractivity contribution in [2.75, 3.05) is 18.1 Å². The summed E-state index contributed by atoms with van der Waals surface area (Å²) in [7, 11) is 1.54. The lowest BCUT2D eigenvalue weighted by molar-refractivity contribution is 0.0963. The van der Waals surface area contributed by atoms with Crippen molar-refractivity contribution in [1.29, 1.82) is 0 Å². The van der Waals surface area contributed by atoms with E-state index in [2.05, 4.69) is 10.6 Å². The predicted molar refractivity (Wildman–Crippen MR) is 78.9 cm³/mol. The lowest BCUT2D eigenvalue weighted by Gasteiger charge is -2.11. The molecule has 0 fully saturated rings. The van der Waals surface area contributed by atoms with Crippen LogP contribution in [0.15, 0.2) is 36.4 Å². The Morgan fingerprint density at radius 2 is 2.00 bits per heavy atom. The third-order valence-corrected chi connectivity index (χ3v) is 2.90. The molecule has 0 spiro atoms. The molecule has 0 aromatic heterocycles. The van der Waals surface area contributed by atoms with Gasteiger partial charge in [-0.05, 0) is 36.4 Å². The number of carbonyl (C=O) groups is 1. The van der Waals surface area contributed by atoms with E-state index in [1.54, 1.807) is 24.3 Å². The van der Waals surface area contributed by atoms with E-state index in [1.807, 2.05) is 0 Å². The number of carbonyl (C=O) groups excluding carboxylic acids is 1. The highest BCUT2D eigenvalue weighted by molar-refractivity contribution is 6.30. The van der Waals surface area contributed by atoms with Gasteiger partial charge in [-0.25, -0.2) is 4.39 Å². The lowest BCUT2D eigenvalue weighted by Crippen LogP contribution is -2.17. The van der Waals surface area contributed by atoms with E-state index in [1.165, 1.54) is 19.2 Å². The maximum atomic E-state index is 13.3. The molecule has 20 heavy (non-hydrogen) atoms. The molecule has 0 aliphatic carbocycles. The number of anilines is 3. The van der Waals surface area contributed by atoms with Crippen LogP contribution in [0, 0.1) is 5.82 Å². The number of rotatable bonds is 3. The standard InChI is InChI=1S/C14H13ClFN3O/c1-18-14(20)8-2-3-12(17)13(4-8)19-11-6-9(15)5-10(16)7-11/h2-7,19H,17H2,1H3,(H,18,20). The first kappa shape index (κ1) is 14.1. The number of nitrogens with one attached hydrogen (secondary N) is 2. The molecular weight excluding hydrogens is 281 g/mol. The molecule has 2 aromatic carbocycles. The third kappa shape index (κ3) is 3.19. The average Bonchev–Trinajstić information content (AvgIpc) is 2.39. The molecule has 0 aliphatic heterocycles. The normalized spacial score (nSPS) is 10.2. The SMILES string of the molecule is CNC(=O)c1ccc(N)c(Nc2cc(F)cc(Cl)c2)c1. The van der Waals surface area contributed by atoms with Gasteiger partial charge in [0.25, 0.3) is 5.91 Å². The van der Waals surface area contributed by atoms with Crippen LogP contribution in [0.25, 0.3) is 0 Å². The smallest absolute Gasteiger partial charge is 0.251 e. The Balaban J connectivity index is 2.34. The summed E-state index contributed by atoms with van der Waals surface area (Å²) in [4.78, 5) is 11.6. The number of nitrogens with two attached hydrogens (primary N) is 1. The molecular formula is C14H13ClFN3O. The summed E-state index contributed by atoms with van der Waals surface area (Å²) in [6.45, 7) is 0. The van der Waals surface area contributed by atoms with Gasteiger partial charge in [0.1, 0.15) is 5.82 Å². The van der Waals surface area contributed by atoms with Crippen molar-refractivity contribution >= 4 is 34.6 Å². The van der Waals surface area contributed by atoms with Crippen LogP contribution in [-0.4, -0.2) is 13.0 Å². The maximum absolute atomic E-state index is 13.3. The molecule has 2 aromatic rings. The number of hydrogen-bond acceptors (Lipinski definition) is 3. The fourth-order valence-electron chi connectivity index (χ4n) is 1.73. The minimum atomic E-state index is -0.457. The van der Waals surface area contributed by atoms with Crippen LogP contribution in [-0.2, 0) is 0 Å². The molecule has 6 heteroatoms. The minimum absolute atomic E-state index is 0.231. The second-order valence-corrected chi connectivity index (χ2v) is 4.60. The molecule has 4 nitrogen and oxygen atoms in total. The summed E-state index contributed by atoms with van der Waals surface area (Å²) < 4.78 is 13.3. The molecule has 0 saturated carbocycles. The molecule has 104 valence electrons. The molecule has 0 unspecified atom stereocenters. The van der Waals surface area contributed by atoms with Crippen molar-refractivity contribution in [1.82, 2.24) is 5.32 Å². The highest BCUT2D eigenvalue weighted by Gasteiger charge is 2.08. The summed E-state index contributed by atoms with van der Waals surface area (Å²) in [5, 5.41) is 5.74. The fourth-order valence-corrected chi connectivity index (χ4v) is 1.95. The first-order valence-corrected chi connectivity index (χ1v) is 6.22. The Hall–Kier alpha value is -2.27. The molecule has 4 N–H and O–H groups in total. The Kier molecular flexibility index (Phi) is 4.10. The van der Waals surface area contributed by atoms with Crippen molar-refractivity contribution in [2.24, 2.45) is 0 Å². The zero-order valence-electron chi connectivity index (χ0n) is 10.7. The van der Waals surface area contributed by atoms with E-state index in [9.17, 15) is 9.18 Å². The minimum Gasteiger partial charge on any atom is -0.397 e. The molecule has 0 aliphatic rings. The summed E-state index contributed by atoms with van der Waals surface area (Å²) in [6, 6.07) is 8.87. The molecule has 0 atom stereocenters. The summed E-state index contributed by atoms with van der Waals surface area (Å²) in [5.41, 5.74) is 7.69. The van der Waals surface area contributed by atoms with Crippen molar-refractivity contribution in [3.63, 3.8) is 0 Å². The van der Waals surface area contributed by atoms with Gasteiger partial charge < -0.3 is 16.4 Å². The van der Waals surface area contributed by atoms with E-state index in [0.717, 1.165) is 0 Å². The van der Waals surface area contributed by atoms with E-state index in [0.29, 0.717) is 22.6 Å². The monoisotopic (exact) mass is 293 g/mol. The van der Waals surface area contributed by atoms with Gasteiger partial charge in [0.05, 0.1) is 11.4 Å².